The smallest absolute Gasteiger partial charge is 0.251 e. The van der Waals surface area contributed by atoms with Crippen LogP contribution in [0.15, 0.2) is 23.3 Å². The molecule has 1 amide bonds. The second kappa shape index (κ2) is 7.87. The zero-order valence-corrected chi connectivity index (χ0v) is 12.2. The molecule has 0 aliphatic rings. The predicted octanol–water partition coefficient (Wildman–Crippen LogP) is 1.71. The molecule has 0 bridgehead atoms. The first-order chi connectivity index (χ1) is 9.99. The lowest BCUT2D eigenvalue weighted by Gasteiger charge is -2.08. The SMILES string of the molecule is CCCNC(=O)c1ccc(Cl)c(N/N=C(\C#N)C(=N)N)c1. The Balaban J connectivity index is 2.96. The van der Waals surface area contributed by atoms with Gasteiger partial charge < -0.3 is 11.1 Å². The van der Waals surface area contributed by atoms with Gasteiger partial charge in [0, 0.05) is 12.1 Å². The molecule has 21 heavy (non-hydrogen) atoms. The number of amides is 1. The largest absolute Gasteiger partial charge is 0.382 e. The van der Waals surface area contributed by atoms with E-state index in [0.29, 0.717) is 22.8 Å². The van der Waals surface area contributed by atoms with Crippen LogP contribution >= 0.6 is 11.6 Å². The van der Waals surface area contributed by atoms with Crippen LogP contribution in [0.25, 0.3) is 0 Å². The van der Waals surface area contributed by atoms with Crippen LogP contribution in [0.3, 0.4) is 0 Å². The molecule has 0 aliphatic heterocycles. The van der Waals surface area contributed by atoms with Crippen LogP contribution < -0.4 is 16.5 Å². The fraction of sp³-hybridized carbons (Fsp3) is 0.231. The van der Waals surface area contributed by atoms with Gasteiger partial charge in [-0.05, 0) is 24.6 Å². The number of nitrogens with zero attached hydrogens (tertiary/aromatic N) is 2. The van der Waals surface area contributed by atoms with Gasteiger partial charge in [-0.25, -0.2) is 0 Å². The lowest BCUT2D eigenvalue weighted by molar-refractivity contribution is 0.0953. The average Bonchev–Trinajstić information content (AvgIpc) is 2.46. The number of amidine groups is 1. The van der Waals surface area contributed by atoms with Gasteiger partial charge in [0.25, 0.3) is 5.91 Å². The summed E-state index contributed by atoms with van der Waals surface area (Å²) in [5.74, 6) is -0.689. The van der Waals surface area contributed by atoms with Gasteiger partial charge in [0.1, 0.15) is 6.07 Å². The Morgan fingerprint density at radius 3 is 2.86 bits per heavy atom. The molecule has 1 aromatic carbocycles. The standard InChI is InChI=1S/C13H15ClN6O/c1-2-5-18-13(21)8-3-4-9(14)10(6-8)19-20-11(7-15)12(16)17/h3-4,6,19H,2,5H2,1H3,(H3,16,17)(H,18,21)/b20-11+. The van der Waals surface area contributed by atoms with E-state index in [0.717, 1.165) is 6.42 Å². The third-order valence-electron chi connectivity index (χ3n) is 2.41. The minimum absolute atomic E-state index is 0.229. The molecule has 0 saturated carbocycles. The van der Waals surface area contributed by atoms with Crippen LogP contribution in [-0.2, 0) is 0 Å². The van der Waals surface area contributed by atoms with Crippen molar-refractivity contribution in [2.24, 2.45) is 10.8 Å². The number of carbonyl (C=O) groups is 1. The maximum Gasteiger partial charge on any atom is 0.251 e. The molecule has 8 heteroatoms. The molecule has 0 spiro atoms. The molecule has 1 rings (SSSR count). The summed E-state index contributed by atoms with van der Waals surface area (Å²) in [5, 5.41) is 22.6. The molecule has 0 aromatic heterocycles. The minimum atomic E-state index is -0.460. The van der Waals surface area contributed by atoms with Crippen molar-refractivity contribution in [3.63, 3.8) is 0 Å². The molecule has 110 valence electrons. The van der Waals surface area contributed by atoms with Crippen LogP contribution in [0.2, 0.25) is 5.02 Å². The van der Waals surface area contributed by atoms with Gasteiger partial charge in [-0.2, -0.15) is 10.4 Å². The highest BCUT2D eigenvalue weighted by Gasteiger charge is 2.09. The van der Waals surface area contributed by atoms with E-state index in [1.54, 1.807) is 18.2 Å². The van der Waals surface area contributed by atoms with Gasteiger partial charge in [-0.3, -0.25) is 15.6 Å². The van der Waals surface area contributed by atoms with Crippen molar-refractivity contribution >= 4 is 34.7 Å². The van der Waals surface area contributed by atoms with Crippen LogP contribution in [-0.4, -0.2) is 24.0 Å². The first-order valence-electron chi connectivity index (χ1n) is 6.15. The summed E-state index contributed by atoms with van der Waals surface area (Å²) >= 11 is 5.98. The number of hydrazone groups is 1. The van der Waals surface area contributed by atoms with E-state index in [4.69, 9.17) is 28.0 Å². The van der Waals surface area contributed by atoms with Crippen molar-refractivity contribution in [2.75, 3.05) is 12.0 Å². The zero-order valence-electron chi connectivity index (χ0n) is 11.4. The highest BCUT2D eigenvalue weighted by atomic mass is 35.5. The molecule has 7 nitrogen and oxygen atoms in total. The number of nitrogens with two attached hydrogens (primary N) is 1. The van der Waals surface area contributed by atoms with E-state index in [1.807, 2.05) is 6.92 Å². The van der Waals surface area contributed by atoms with E-state index >= 15 is 0 Å². The average molecular weight is 307 g/mol. The molecule has 0 unspecified atom stereocenters. The molecule has 0 fully saturated rings. The Hall–Kier alpha value is -2.59. The number of hydrogen-bond acceptors (Lipinski definition) is 5. The number of nitrogens with one attached hydrogen (secondary N) is 3. The summed E-state index contributed by atoms with van der Waals surface area (Å²) in [7, 11) is 0. The van der Waals surface area contributed by atoms with Gasteiger partial charge in [0.05, 0.1) is 10.7 Å². The van der Waals surface area contributed by atoms with Crippen LogP contribution in [0, 0.1) is 16.7 Å². The molecule has 0 heterocycles. The molecule has 0 saturated heterocycles. The van der Waals surface area contributed by atoms with Crippen molar-refractivity contribution in [1.29, 1.82) is 10.7 Å². The summed E-state index contributed by atoms with van der Waals surface area (Å²) in [6.07, 6.45) is 0.832. The molecular formula is C13H15ClN6O. The number of anilines is 1. The van der Waals surface area contributed by atoms with Gasteiger partial charge in [-0.15, -0.1) is 0 Å². The third kappa shape index (κ3) is 4.78. The Morgan fingerprint density at radius 2 is 2.29 bits per heavy atom. The summed E-state index contributed by atoms with van der Waals surface area (Å²) in [5.41, 5.74) is 8.18. The number of benzene rings is 1. The number of carbonyl (C=O) groups excluding carboxylic acids is 1. The van der Waals surface area contributed by atoms with Gasteiger partial charge in [0.2, 0.25) is 5.71 Å². The molecule has 0 aliphatic carbocycles. The van der Waals surface area contributed by atoms with Crippen molar-refractivity contribution in [3.05, 3.63) is 28.8 Å². The van der Waals surface area contributed by atoms with E-state index < -0.39 is 5.84 Å². The number of rotatable bonds is 6. The highest BCUT2D eigenvalue weighted by molar-refractivity contribution is 6.46. The maximum absolute atomic E-state index is 11.8. The molecule has 1 aromatic rings. The molecular weight excluding hydrogens is 292 g/mol. The Kier molecular flexibility index (Phi) is 6.17. The van der Waals surface area contributed by atoms with Gasteiger partial charge in [0.15, 0.2) is 5.84 Å². The fourth-order valence-electron chi connectivity index (χ4n) is 1.35. The van der Waals surface area contributed by atoms with Crippen molar-refractivity contribution < 1.29 is 4.79 Å². The van der Waals surface area contributed by atoms with E-state index in [9.17, 15) is 4.79 Å². The number of nitriles is 1. The second-order valence-electron chi connectivity index (χ2n) is 4.05. The predicted molar refractivity (Wildman–Crippen MR) is 82.7 cm³/mol. The topological polar surface area (TPSA) is 127 Å². The van der Waals surface area contributed by atoms with Gasteiger partial charge >= 0.3 is 0 Å². The van der Waals surface area contributed by atoms with Gasteiger partial charge in [-0.1, -0.05) is 18.5 Å². The number of halogens is 1. The molecule has 0 radical (unpaired) electrons. The molecule has 5 N–H and O–H groups in total. The van der Waals surface area contributed by atoms with Crippen molar-refractivity contribution in [1.82, 2.24) is 5.32 Å². The fourth-order valence-corrected chi connectivity index (χ4v) is 1.51. The van der Waals surface area contributed by atoms with Crippen LogP contribution in [0.1, 0.15) is 23.7 Å². The summed E-state index contributed by atoms with van der Waals surface area (Å²) in [6, 6.07) is 6.30. The second-order valence-corrected chi connectivity index (χ2v) is 4.46. The minimum Gasteiger partial charge on any atom is -0.382 e. The zero-order chi connectivity index (χ0) is 15.8. The highest BCUT2D eigenvalue weighted by Crippen LogP contribution is 2.23. The van der Waals surface area contributed by atoms with E-state index in [2.05, 4.69) is 15.8 Å². The summed E-state index contributed by atoms with van der Waals surface area (Å²) < 4.78 is 0. The first kappa shape index (κ1) is 16.5. The molecule has 0 atom stereocenters. The Labute approximate surface area is 127 Å². The van der Waals surface area contributed by atoms with E-state index in [-0.39, 0.29) is 11.6 Å². The third-order valence-corrected chi connectivity index (χ3v) is 2.74. The number of hydrogen-bond donors (Lipinski definition) is 4. The first-order valence-corrected chi connectivity index (χ1v) is 6.53. The maximum atomic E-state index is 11.8. The van der Waals surface area contributed by atoms with Crippen molar-refractivity contribution in [2.45, 2.75) is 13.3 Å². The van der Waals surface area contributed by atoms with Crippen LogP contribution in [0.5, 0.6) is 0 Å². The lowest BCUT2D eigenvalue weighted by Crippen LogP contribution is -2.24. The normalized spacial score (nSPS) is 10.6. The Bertz CT molecular complexity index is 620. The van der Waals surface area contributed by atoms with Crippen molar-refractivity contribution in [3.8, 4) is 6.07 Å². The van der Waals surface area contributed by atoms with E-state index in [1.165, 1.54) is 6.07 Å². The lowest BCUT2D eigenvalue weighted by atomic mass is 10.2. The monoisotopic (exact) mass is 306 g/mol. The Morgan fingerprint density at radius 1 is 1.57 bits per heavy atom. The summed E-state index contributed by atoms with van der Waals surface area (Å²) in [4.78, 5) is 11.8. The van der Waals surface area contributed by atoms with Crippen LogP contribution in [0.4, 0.5) is 5.69 Å². The quantitative estimate of drug-likeness (QED) is 0.362. The summed E-state index contributed by atoms with van der Waals surface area (Å²) in [6.45, 7) is 2.53.